The lowest BCUT2D eigenvalue weighted by atomic mass is 10.1. The summed E-state index contributed by atoms with van der Waals surface area (Å²) >= 11 is 3.54. The van der Waals surface area contributed by atoms with Gasteiger partial charge in [-0.25, -0.2) is 0 Å². The zero-order valence-electron chi connectivity index (χ0n) is 10.5. The maximum absolute atomic E-state index is 5.77. The fourth-order valence-electron chi connectivity index (χ4n) is 1.83. The fraction of sp³-hybridized carbons (Fsp3) is 0.286. The first-order valence-electron chi connectivity index (χ1n) is 5.76. The molecule has 4 heteroatoms. The molecule has 0 radical (unpaired) electrons. The smallest absolute Gasteiger partial charge is 0.123 e. The van der Waals surface area contributed by atoms with E-state index in [1.165, 1.54) is 0 Å². The molecular formula is C14H16BrNO2. The van der Waals surface area contributed by atoms with E-state index in [9.17, 15) is 0 Å². The average molecular weight is 310 g/mol. The molecule has 1 heterocycles. The van der Waals surface area contributed by atoms with Crippen LogP contribution in [0.2, 0.25) is 0 Å². The van der Waals surface area contributed by atoms with Crippen molar-refractivity contribution in [3.63, 3.8) is 0 Å². The number of rotatable bonds is 4. The first-order chi connectivity index (χ1) is 8.61. The molecule has 0 saturated heterocycles. The van der Waals surface area contributed by atoms with Gasteiger partial charge in [0, 0.05) is 10.0 Å². The van der Waals surface area contributed by atoms with E-state index in [-0.39, 0.29) is 0 Å². The molecule has 0 saturated carbocycles. The highest BCUT2D eigenvalue weighted by molar-refractivity contribution is 9.10. The minimum Gasteiger partial charge on any atom is -0.489 e. The molecule has 0 amide bonds. The molecular weight excluding hydrogens is 294 g/mol. The topological polar surface area (TPSA) is 48.4 Å². The molecule has 0 aliphatic carbocycles. The average Bonchev–Trinajstić information content (AvgIpc) is 2.80. The maximum atomic E-state index is 5.77. The summed E-state index contributed by atoms with van der Waals surface area (Å²) in [5.41, 5.74) is 8.90. The highest BCUT2D eigenvalue weighted by Gasteiger charge is 2.07. The minimum atomic E-state index is 0.393. The summed E-state index contributed by atoms with van der Waals surface area (Å²) in [6, 6.07) is 5.92. The summed E-state index contributed by atoms with van der Waals surface area (Å²) in [6.45, 7) is 4.97. The molecule has 2 rings (SSSR count). The summed E-state index contributed by atoms with van der Waals surface area (Å²) in [6.07, 6.45) is 1.64. The van der Waals surface area contributed by atoms with E-state index in [1.807, 2.05) is 32.0 Å². The quantitative estimate of drug-likeness (QED) is 0.937. The molecule has 0 fully saturated rings. The van der Waals surface area contributed by atoms with Crippen LogP contribution in [0.1, 0.15) is 22.5 Å². The largest absolute Gasteiger partial charge is 0.489 e. The van der Waals surface area contributed by atoms with Crippen molar-refractivity contribution in [3.05, 3.63) is 51.4 Å². The number of hydrogen-bond donors (Lipinski definition) is 1. The van der Waals surface area contributed by atoms with Crippen molar-refractivity contribution in [3.8, 4) is 5.75 Å². The van der Waals surface area contributed by atoms with E-state index in [4.69, 9.17) is 14.9 Å². The molecule has 1 aromatic carbocycles. The highest BCUT2D eigenvalue weighted by Crippen LogP contribution is 2.27. The van der Waals surface area contributed by atoms with Crippen LogP contribution in [0, 0.1) is 13.8 Å². The van der Waals surface area contributed by atoms with Gasteiger partial charge in [-0.1, -0.05) is 15.9 Å². The molecule has 3 nitrogen and oxygen atoms in total. The summed E-state index contributed by atoms with van der Waals surface area (Å²) in [7, 11) is 0. The second kappa shape index (κ2) is 5.59. The third-order valence-corrected chi connectivity index (χ3v) is 4.08. The molecule has 0 atom stereocenters. The Morgan fingerprint density at radius 3 is 2.56 bits per heavy atom. The standard InChI is InChI=1S/C14H16BrNO2/c1-9-5-12(6-10(2)14(9)15)18-8-11-3-4-17-13(11)7-16/h3-6H,7-8,16H2,1-2H3. The lowest BCUT2D eigenvalue weighted by molar-refractivity contribution is 0.301. The molecule has 0 aliphatic rings. The molecule has 1 aromatic heterocycles. The Kier molecular flexibility index (Phi) is 4.09. The fourth-order valence-corrected chi connectivity index (χ4v) is 2.05. The van der Waals surface area contributed by atoms with Gasteiger partial charge in [0.15, 0.2) is 0 Å². The second-order valence-corrected chi connectivity index (χ2v) is 5.03. The highest BCUT2D eigenvalue weighted by atomic mass is 79.9. The Morgan fingerprint density at radius 1 is 1.28 bits per heavy atom. The van der Waals surface area contributed by atoms with E-state index in [0.717, 1.165) is 32.7 Å². The second-order valence-electron chi connectivity index (χ2n) is 4.23. The normalized spacial score (nSPS) is 10.7. The van der Waals surface area contributed by atoms with Crippen molar-refractivity contribution in [2.24, 2.45) is 5.73 Å². The monoisotopic (exact) mass is 309 g/mol. The first kappa shape index (κ1) is 13.2. The van der Waals surface area contributed by atoms with E-state index in [0.29, 0.717) is 13.2 Å². The maximum Gasteiger partial charge on any atom is 0.123 e. The molecule has 0 spiro atoms. The van der Waals surface area contributed by atoms with E-state index in [1.54, 1.807) is 6.26 Å². The van der Waals surface area contributed by atoms with E-state index in [2.05, 4.69) is 15.9 Å². The van der Waals surface area contributed by atoms with Crippen LogP contribution in [0.3, 0.4) is 0 Å². The number of furan rings is 1. The number of hydrogen-bond acceptors (Lipinski definition) is 3. The van der Waals surface area contributed by atoms with Gasteiger partial charge in [0.2, 0.25) is 0 Å². The number of ether oxygens (including phenoxy) is 1. The van der Waals surface area contributed by atoms with Crippen molar-refractivity contribution in [1.82, 2.24) is 0 Å². The first-order valence-corrected chi connectivity index (χ1v) is 6.56. The van der Waals surface area contributed by atoms with Crippen LogP contribution in [0.25, 0.3) is 0 Å². The summed E-state index contributed by atoms with van der Waals surface area (Å²) < 4.78 is 12.2. The van der Waals surface area contributed by atoms with Crippen LogP contribution >= 0.6 is 15.9 Å². The molecule has 2 N–H and O–H groups in total. The van der Waals surface area contributed by atoms with Crippen molar-refractivity contribution >= 4 is 15.9 Å². The predicted molar refractivity (Wildman–Crippen MR) is 74.5 cm³/mol. The van der Waals surface area contributed by atoms with Gasteiger partial charge >= 0.3 is 0 Å². The lowest BCUT2D eigenvalue weighted by Crippen LogP contribution is -2.02. The molecule has 96 valence electrons. The Labute approximate surface area is 115 Å². The third-order valence-electron chi connectivity index (χ3n) is 2.83. The summed E-state index contributed by atoms with van der Waals surface area (Å²) in [4.78, 5) is 0. The Bertz CT molecular complexity index is 525. The van der Waals surface area contributed by atoms with Crippen molar-refractivity contribution in [2.75, 3.05) is 0 Å². The van der Waals surface area contributed by atoms with Crippen molar-refractivity contribution < 1.29 is 9.15 Å². The lowest BCUT2D eigenvalue weighted by Gasteiger charge is -2.10. The summed E-state index contributed by atoms with van der Waals surface area (Å²) in [5.74, 6) is 1.64. The van der Waals surface area contributed by atoms with Crippen LogP contribution in [-0.4, -0.2) is 0 Å². The SMILES string of the molecule is Cc1cc(OCc2ccoc2CN)cc(C)c1Br. The molecule has 0 unspecified atom stereocenters. The van der Waals surface area contributed by atoms with E-state index >= 15 is 0 Å². The van der Waals surface area contributed by atoms with Crippen LogP contribution in [0.15, 0.2) is 33.4 Å². The van der Waals surface area contributed by atoms with Gasteiger partial charge in [-0.15, -0.1) is 0 Å². The zero-order chi connectivity index (χ0) is 13.1. The third kappa shape index (κ3) is 2.76. The summed E-state index contributed by atoms with van der Waals surface area (Å²) in [5, 5.41) is 0. The van der Waals surface area contributed by atoms with Gasteiger partial charge in [0.25, 0.3) is 0 Å². The Balaban J connectivity index is 2.11. The molecule has 0 bridgehead atoms. The van der Waals surface area contributed by atoms with Crippen LogP contribution < -0.4 is 10.5 Å². The van der Waals surface area contributed by atoms with Crippen molar-refractivity contribution in [2.45, 2.75) is 27.0 Å². The molecule has 18 heavy (non-hydrogen) atoms. The molecule has 2 aromatic rings. The number of halogens is 1. The van der Waals surface area contributed by atoms with Crippen molar-refractivity contribution in [1.29, 1.82) is 0 Å². The minimum absolute atomic E-state index is 0.393. The van der Waals surface area contributed by atoms with Gasteiger partial charge in [0.05, 0.1) is 12.8 Å². The zero-order valence-corrected chi connectivity index (χ0v) is 12.1. The predicted octanol–water partition coefficient (Wildman–Crippen LogP) is 3.70. The van der Waals surface area contributed by atoms with Crippen LogP contribution in [0.4, 0.5) is 0 Å². The van der Waals surface area contributed by atoms with E-state index < -0.39 is 0 Å². The van der Waals surface area contributed by atoms with Gasteiger partial charge in [-0.05, 0) is 43.2 Å². The number of benzene rings is 1. The Morgan fingerprint density at radius 2 is 1.94 bits per heavy atom. The number of nitrogens with two attached hydrogens (primary N) is 1. The molecule has 0 aliphatic heterocycles. The van der Waals surface area contributed by atoms with Crippen LogP contribution in [-0.2, 0) is 13.2 Å². The van der Waals surface area contributed by atoms with Gasteiger partial charge < -0.3 is 14.9 Å². The Hall–Kier alpha value is -1.26. The van der Waals surface area contributed by atoms with Crippen LogP contribution in [0.5, 0.6) is 5.75 Å². The van der Waals surface area contributed by atoms with Gasteiger partial charge in [-0.3, -0.25) is 0 Å². The van der Waals surface area contributed by atoms with Gasteiger partial charge in [-0.2, -0.15) is 0 Å². The number of aryl methyl sites for hydroxylation is 2. The van der Waals surface area contributed by atoms with Gasteiger partial charge in [0.1, 0.15) is 18.1 Å².